The molecule has 1 aliphatic rings. The highest BCUT2D eigenvalue weighted by Crippen LogP contribution is 2.34. The fourth-order valence-corrected chi connectivity index (χ4v) is 3.82. The Labute approximate surface area is 102 Å². The quantitative estimate of drug-likeness (QED) is 0.505. The molecule has 0 amide bonds. The molecule has 1 rings (SSSR count). The number of rotatable bonds is 6. The molecule has 15 heavy (non-hydrogen) atoms. The first-order valence-electron chi connectivity index (χ1n) is 5.57. The smallest absolute Gasteiger partial charge is 0.0784 e. The summed E-state index contributed by atoms with van der Waals surface area (Å²) in [4.78, 5) is 0. The predicted octanol–water partition coefficient (Wildman–Crippen LogP) is 4.42. The van der Waals surface area contributed by atoms with E-state index in [1.807, 2.05) is 23.5 Å². The van der Waals surface area contributed by atoms with E-state index in [1.165, 1.54) is 37.2 Å². The molecule has 1 saturated heterocycles. The molecular formula is C12H20OS2. The van der Waals surface area contributed by atoms with Gasteiger partial charge in [0.15, 0.2) is 0 Å². The highest BCUT2D eigenvalue weighted by atomic mass is 32.2. The molecule has 3 heteroatoms. The molecular weight excluding hydrogens is 224 g/mol. The minimum Gasteiger partial charge on any atom is -0.505 e. The van der Waals surface area contributed by atoms with E-state index in [-0.39, 0.29) is 0 Å². The third-order valence-corrected chi connectivity index (χ3v) is 4.74. The van der Waals surface area contributed by atoms with Crippen LogP contribution in [0.15, 0.2) is 22.7 Å². The van der Waals surface area contributed by atoms with E-state index in [1.54, 1.807) is 17.6 Å². The van der Waals surface area contributed by atoms with Crippen LogP contribution in [0, 0.1) is 0 Å². The summed E-state index contributed by atoms with van der Waals surface area (Å²) in [5, 5.41) is 0. The van der Waals surface area contributed by atoms with Crippen molar-refractivity contribution >= 4 is 23.5 Å². The number of ether oxygens (including phenoxy) is 1. The number of hydrogen-bond acceptors (Lipinski definition) is 3. The van der Waals surface area contributed by atoms with E-state index in [9.17, 15) is 0 Å². The van der Waals surface area contributed by atoms with Crippen molar-refractivity contribution in [1.29, 1.82) is 0 Å². The van der Waals surface area contributed by atoms with Crippen LogP contribution in [0.4, 0.5) is 0 Å². The molecule has 0 radical (unpaired) electrons. The second-order valence-corrected chi connectivity index (χ2v) is 6.00. The standard InChI is InChI=1S/C12H20OS2/c1-13-9-6-4-2-3-5-8-12-14-10-7-11-15-12/h6,8-9H,2-5,7,10-11H2,1H3/b9-6+. The lowest BCUT2D eigenvalue weighted by Gasteiger charge is -2.11. The highest BCUT2D eigenvalue weighted by Gasteiger charge is 2.04. The van der Waals surface area contributed by atoms with Gasteiger partial charge in [-0.1, -0.05) is 6.08 Å². The largest absolute Gasteiger partial charge is 0.505 e. The van der Waals surface area contributed by atoms with Crippen LogP contribution < -0.4 is 0 Å². The number of methoxy groups -OCH3 is 1. The van der Waals surface area contributed by atoms with Crippen molar-refractivity contribution < 1.29 is 4.74 Å². The average Bonchev–Trinajstić information content (AvgIpc) is 2.29. The first kappa shape index (κ1) is 13.0. The van der Waals surface area contributed by atoms with Gasteiger partial charge in [-0.2, -0.15) is 0 Å². The number of thioether (sulfide) groups is 2. The first-order chi connectivity index (χ1) is 7.43. The minimum absolute atomic E-state index is 1.14. The van der Waals surface area contributed by atoms with Crippen LogP contribution in [0.1, 0.15) is 32.1 Å². The molecule has 86 valence electrons. The predicted molar refractivity (Wildman–Crippen MR) is 72.2 cm³/mol. The van der Waals surface area contributed by atoms with Crippen molar-refractivity contribution in [1.82, 2.24) is 0 Å². The van der Waals surface area contributed by atoms with E-state index in [4.69, 9.17) is 4.74 Å². The van der Waals surface area contributed by atoms with E-state index in [2.05, 4.69) is 12.2 Å². The zero-order valence-corrected chi connectivity index (χ0v) is 11.0. The Morgan fingerprint density at radius 2 is 1.93 bits per heavy atom. The summed E-state index contributed by atoms with van der Waals surface area (Å²) in [6.45, 7) is 0. The third-order valence-electron chi connectivity index (χ3n) is 2.15. The maximum Gasteiger partial charge on any atom is 0.0784 e. The van der Waals surface area contributed by atoms with Gasteiger partial charge < -0.3 is 4.74 Å². The van der Waals surface area contributed by atoms with Crippen LogP contribution >= 0.6 is 23.5 Å². The van der Waals surface area contributed by atoms with Crippen molar-refractivity contribution in [2.45, 2.75) is 32.1 Å². The lowest BCUT2D eigenvalue weighted by atomic mass is 10.2. The molecule has 0 atom stereocenters. The summed E-state index contributed by atoms with van der Waals surface area (Å²) in [7, 11) is 1.69. The molecule has 0 aromatic heterocycles. The van der Waals surface area contributed by atoms with Crippen LogP contribution in [-0.2, 0) is 4.74 Å². The van der Waals surface area contributed by atoms with Gasteiger partial charge in [-0.05, 0) is 49.7 Å². The molecule has 0 bridgehead atoms. The molecule has 0 unspecified atom stereocenters. The molecule has 0 aromatic rings. The summed E-state index contributed by atoms with van der Waals surface area (Å²) in [6, 6.07) is 0. The minimum atomic E-state index is 1.14. The fourth-order valence-electron chi connectivity index (χ4n) is 1.35. The number of unbranched alkanes of at least 4 members (excludes halogenated alkanes) is 3. The molecule has 0 aromatic carbocycles. The van der Waals surface area contributed by atoms with Gasteiger partial charge in [-0.25, -0.2) is 0 Å². The van der Waals surface area contributed by atoms with Crippen LogP contribution in [0.5, 0.6) is 0 Å². The van der Waals surface area contributed by atoms with E-state index in [0.29, 0.717) is 0 Å². The van der Waals surface area contributed by atoms with Gasteiger partial charge in [0.25, 0.3) is 0 Å². The van der Waals surface area contributed by atoms with Gasteiger partial charge in [-0.15, -0.1) is 23.5 Å². The van der Waals surface area contributed by atoms with Crippen LogP contribution in [0.2, 0.25) is 0 Å². The van der Waals surface area contributed by atoms with Gasteiger partial charge in [0, 0.05) is 4.24 Å². The number of allylic oxidation sites excluding steroid dienone is 2. The van der Waals surface area contributed by atoms with Crippen molar-refractivity contribution in [3.05, 3.63) is 22.7 Å². The van der Waals surface area contributed by atoms with E-state index in [0.717, 1.165) is 6.42 Å². The molecule has 1 aliphatic heterocycles. The summed E-state index contributed by atoms with van der Waals surface area (Å²) in [5.41, 5.74) is 0. The lowest BCUT2D eigenvalue weighted by molar-refractivity contribution is 0.336. The van der Waals surface area contributed by atoms with Gasteiger partial charge >= 0.3 is 0 Å². The van der Waals surface area contributed by atoms with Crippen LogP contribution in [0.3, 0.4) is 0 Å². The monoisotopic (exact) mass is 244 g/mol. The normalized spacial score (nSPS) is 17.0. The molecule has 0 N–H and O–H groups in total. The second kappa shape index (κ2) is 9.22. The highest BCUT2D eigenvalue weighted by molar-refractivity contribution is 8.22. The molecule has 1 fully saturated rings. The fraction of sp³-hybridized carbons (Fsp3) is 0.667. The molecule has 0 spiro atoms. The Morgan fingerprint density at radius 1 is 1.20 bits per heavy atom. The first-order valence-corrected chi connectivity index (χ1v) is 7.54. The molecule has 0 saturated carbocycles. The van der Waals surface area contributed by atoms with Crippen molar-refractivity contribution in [2.75, 3.05) is 18.6 Å². The Hall–Kier alpha value is -0.0200. The van der Waals surface area contributed by atoms with Crippen LogP contribution in [-0.4, -0.2) is 18.6 Å². The summed E-state index contributed by atoms with van der Waals surface area (Å²) in [6.07, 6.45) is 12.6. The Morgan fingerprint density at radius 3 is 2.67 bits per heavy atom. The molecule has 0 aliphatic carbocycles. The third kappa shape index (κ3) is 6.96. The zero-order chi connectivity index (χ0) is 10.8. The lowest BCUT2D eigenvalue weighted by Crippen LogP contribution is -1.91. The van der Waals surface area contributed by atoms with Crippen molar-refractivity contribution in [2.24, 2.45) is 0 Å². The Bertz CT molecular complexity index is 204. The van der Waals surface area contributed by atoms with Gasteiger partial charge in [0.1, 0.15) is 0 Å². The van der Waals surface area contributed by atoms with Crippen molar-refractivity contribution in [3.63, 3.8) is 0 Å². The van der Waals surface area contributed by atoms with Crippen molar-refractivity contribution in [3.8, 4) is 0 Å². The molecule has 1 heterocycles. The van der Waals surface area contributed by atoms with E-state index >= 15 is 0 Å². The number of hydrogen-bond donors (Lipinski definition) is 0. The second-order valence-electron chi connectivity index (χ2n) is 3.47. The van der Waals surface area contributed by atoms with E-state index < -0.39 is 0 Å². The Kier molecular flexibility index (Phi) is 8.02. The SMILES string of the molecule is CO/C=C/CCCCC=C1SCCCS1. The maximum atomic E-state index is 4.84. The average molecular weight is 244 g/mol. The molecule has 1 nitrogen and oxygen atoms in total. The summed E-state index contributed by atoms with van der Waals surface area (Å²) >= 11 is 4.05. The Balaban J connectivity index is 1.97. The van der Waals surface area contributed by atoms with Gasteiger partial charge in [0.05, 0.1) is 13.4 Å². The summed E-state index contributed by atoms with van der Waals surface area (Å²) < 4.78 is 6.39. The topological polar surface area (TPSA) is 9.23 Å². The summed E-state index contributed by atoms with van der Waals surface area (Å²) in [5.74, 6) is 2.63. The van der Waals surface area contributed by atoms with Crippen LogP contribution in [0.25, 0.3) is 0 Å². The zero-order valence-electron chi connectivity index (χ0n) is 9.41. The van der Waals surface area contributed by atoms with Gasteiger partial charge in [0.2, 0.25) is 0 Å². The van der Waals surface area contributed by atoms with Gasteiger partial charge in [-0.3, -0.25) is 0 Å². The maximum absolute atomic E-state index is 4.84.